The molecule has 0 amide bonds. The number of benzene rings is 1. The first-order valence-electron chi connectivity index (χ1n) is 6.48. The Morgan fingerprint density at radius 1 is 1.32 bits per heavy atom. The fourth-order valence-corrected chi connectivity index (χ4v) is 2.19. The van der Waals surface area contributed by atoms with Crippen LogP contribution in [-0.2, 0) is 0 Å². The van der Waals surface area contributed by atoms with Crippen LogP contribution in [0.1, 0.15) is 29.8 Å². The summed E-state index contributed by atoms with van der Waals surface area (Å²) in [7, 11) is 0. The van der Waals surface area contributed by atoms with E-state index in [1.54, 1.807) is 0 Å². The van der Waals surface area contributed by atoms with Gasteiger partial charge in [0.05, 0.1) is 11.2 Å². The summed E-state index contributed by atoms with van der Waals surface area (Å²) in [5.41, 5.74) is 1.29. The highest BCUT2D eigenvalue weighted by Gasteiger charge is 2.21. The van der Waals surface area contributed by atoms with Crippen LogP contribution in [0, 0.1) is 5.92 Å². The Morgan fingerprint density at radius 3 is 2.84 bits per heavy atom. The van der Waals surface area contributed by atoms with E-state index in [4.69, 9.17) is 0 Å². The van der Waals surface area contributed by atoms with Gasteiger partial charge in [0.2, 0.25) is 0 Å². The lowest BCUT2D eigenvalue weighted by atomic mass is 10.1. The van der Waals surface area contributed by atoms with Crippen molar-refractivity contribution in [1.82, 2.24) is 10.2 Å². The van der Waals surface area contributed by atoms with Gasteiger partial charge < -0.3 is 10.4 Å². The van der Waals surface area contributed by atoms with Gasteiger partial charge in [-0.15, -0.1) is 10.2 Å². The van der Waals surface area contributed by atoms with Gasteiger partial charge in [0.15, 0.2) is 5.69 Å². The summed E-state index contributed by atoms with van der Waals surface area (Å²) < 4.78 is 0. The van der Waals surface area contributed by atoms with Crippen LogP contribution in [0.3, 0.4) is 0 Å². The molecule has 1 aliphatic rings. The van der Waals surface area contributed by atoms with E-state index in [-0.39, 0.29) is 5.69 Å². The van der Waals surface area contributed by atoms with Gasteiger partial charge in [0.25, 0.3) is 0 Å². The zero-order valence-electron chi connectivity index (χ0n) is 10.5. The van der Waals surface area contributed by atoms with Crippen molar-refractivity contribution in [1.29, 1.82) is 0 Å². The predicted octanol–water partition coefficient (Wildman–Crippen LogP) is 2.54. The Labute approximate surface area is 110 Å². The first-order chi connectivity index (χ1) is 9.25. The van der Waals surface area contributed by atoms with Crippen LogP contribution in [-0.4, -0.2) is 27.8 Å². The number of fused-ring (bicyclic) bond motifs is 1. The molecule has 2 N–H and O–H groups in total. The number of nitrogens with zero attached hydrogens (tertiary/aromatic N) is 2. The molecule has 1 aliphatic carbocycles. The summed E-state index contributed by atoms with van der Waals surface area (Å²) in [6.07, 6.45) is 3.67. The van der Waals surface area contributed by atoms with Crippen LogP contribution in [0.2, 0.25) is 0 Å². The van der Waals surface area contributed by atoms with Crippen molar-refractivity contribution in [2.75, 3.05) is 11.9 Å². The third-order valence-corrected chi connectivity index (χ3v) is 3.42. The molecule has 98 valence electrons. The van der Waals surface area contributed by atoms with Gasteiger partial charge in [-0.3, -0.25) is 0 Å². The number of rotatable bonds is 5. The van der Waals surface area contributed by atoms with Crippen molar-refractivity contribution in [3.63, 3.8) is 0 Å². The summed E-state index contributed by atoms with van der Waals surface area (Å²) >= 11 is 0. The number of hydrogen-bond donors (Lipinski definition) is 2. The molecule has 0 radical (unpaired) electrons. The molecule has 1 saturated carbocycles. The molecule has 2 aromatic rings. The van der Waals surface area contributed by atoms with Gasteiger partial charge in [-0.05, 0) is 18.4 Å². The third kappa shape index (κ3) is 2.50. The van der Waals surface area contributed by atoms with Crippen LogP contribution in [0.15, 0.2) is 24.3 Å². The fourth-order valence-electron chi connectivity index (χ4n) is 2.19. The molecule has 0 saturated heterocycles. The van der Waals surface area contributed by atoms with Crippen molar-refractivity contribution < 1.29 is 9.90 Å². The number of hydrogen-bond acceptors (Lipinski definition) is 4. The zero-order chi connectivity index (χ0) is 13.2. The standard InChI is InChI=1S/C14H15N3O2/c18-14(19)13-12(15-8-7-9-5-6-9)10-3-1-2-4-11(10)16-17-13/h1-4,9H,5-8H2,(H,15,16)(H,18,19). The minimum absolute atomic E-state index is 0.00510. The van der Waals surface area contributed by atoms with E-state index in [0.717, 1.165) is 24.3 Å². The molecular weight excluding hydrogens is 242 g/mol. The van der Waals surface area contributed by atoms with E-state index in [1.165, 1.54) is 12.8 Å². The van der Waals surface area contributed by atoms with E-state index < -0.39 is 5.97 Å². The minimum Gasteiger partial charge on any atom is -0.476 e. The van der Waals surface area contributed by atoms with Gasteiger partial charge in [0.1, 0.15) is 0 Å². The SMILES string of the molecule is O=C(O)c1nnc2ccccc2c1NCCC1CC1. The van der Waals surface area contributed by atoms with E-state index in [0.29, 0.717) is 11.2 Å². The number of aromatic nitrogens is 2. The highest BCUT2D eigenvalue weighted by atomic mass is 16.4. The third-order valence-electron chi connectivity index (χ3n) is 3.42. The molecule has 1 fully saturated rings. The normalized spacial score (nSPS) is 14.5. The van der Waals surface area contributed by atoms with Crippen LogP contribution in [0.4, 0.5) is 5.69 Å². The van der Waals surface area contributed by atoms with E-state index in [9.17, 15) is 9.90 Å². The molecule has 1 aromatic carbocycles. The first kappa shape index (κ1) is 11.9. The maximum atomic E-state index is 11.2. The second-order valence-electron chi connectivity index (χ2n) is 4.90. The quantitative estimate of drug-likeness (QED) is 0.860. The van der Waals surface area contributed by atoms with Crippen molar-refractivity contribution in [3.8, 4) is 0 Å². The van der Waals surface area contributed by atoms with E-state index >= 15 is 0 Å². The summed E-state index contributed by atoms with van der Waals surface area (Å²) in [4.78, 5) is 11.2. The van der Waals surface area contributed by atoms with Gasteiger partial charge in [-0.2, -0.15) is 0 Å². The molecule has 0 aliphatic heterocycles. The highest BCUT2D eigenvalue weighted by molar-refractivity contribution is 6.02. The Bertz CT molecular complexity index is 623. The molecular formula is C14H15N3O2. The maximum absolute atomic E-state index is 11.2. The van der Waals surface area contributed by atoms with Gasteiger partial charge in [-0.25, -0.2) is 4.79 Å². The molecule has 5 heteroatoms. The number of carboxylic acids is 1. The second kappa shape index (κ2) is 4.84. The predicted molar refractivity (Wildman–Crippen MR) is 72.3 cm³/mol. The summed E-state index contributed by atoms with van der Waals surface area (Å²) in [5, 5.41) is 21.0. The molecule has 19 heavy (non-hydrogen) atoms. The summed E-state index contributed by atoms with van der Waals surface area (Å²) in [6.45, 7) is 0.778. The van der Waals surface area contributed by atoms with Crippen molar-refractivity contribution in [2.45, 2.75) is 19.3 Å². The first-order valence-corrected chi connectivity index (χ1v) is 6.48. The molecule has 1 aromatic heterocycles. The van der Waals surface area contributed by atoms with E-state index in [1.807, 2.05) is 24.3 Å². The lowest BCUT2D eigenvalue weighted by molar-refractivity contribution is 0.0690. The van der Waals surface area contributed by atoms with E-state index in [2.05, 4.69) is 15.5 Å². The smallest absolute Gasteiger partial charge is 0.358 e. The number of carboxylic acid groups (broad SMARTS) is 1. The lowest BCUT2D eigenvalue weighted by Crippen LogP contribution is -2.11. The number of carbonyl (C=O) groups is 1. The molecule has 0 bridgehead atoms. The van der Waals surface area contributed by atoms with Gasteiger partial charge >= 0.3 is 5.97 Å². The number of nitrogens with one attached hydrogen (secondary N) is 1. The molecule has 3 rings (SSSR count). The summed E-state index contributed by atoms with van der Waals surface area (Å²) in [6, 6.07) is 7.45. The highest BCUT2D eigenvalue weighted by Crippen LogP contribution is 2.32. The largest absolute Gasteiger partial charge is 0.476 e. The monoisotopic (exact) mass is 257 g/mol. The zero-order valence-corrected chi connectivity index (χ0v) is 10.5. The number of anilines is 1. The van der Waals surface area contributed by atoms with Crippen LogP contribution in [0.25, 0.3) is 10.9 Å². The van der Waals surface area contributed by atoms with Crippen LogP contribution in [0.5, 0.6) is 0 Å². The summed E-state index contributed by atoms with van der Waals surface area (Å²) in [5.74, 6) is -0.242. The Hall–Kier alpha value is -2.17. The average Bonchev–Trinajstić information content (AvgIpc) is 3.22. The fraction of sp³-hybridized carbons (Fsp3) is 0.357. The molecule has 0 spiro atoms. The minimum atomic E-state index is -1.05. The Morgan fingerprint density at radius 2 is 2.11 bits per heavy atom. The number of aromatic carboxylic acids is 1. The molecule has 0 atom stereocenters. The van der Waals surface area contributed by atoms with Crippen molar-refractivity contribution in [3.05, 3.63) is 30.0 Å². The van der Waals surface area contributed by atoms with Crippen molar-refractivity contribution >= 4 is 22.6 Å². The van der Waals surface area contributed by atoms with Crippen LogP contribution >= 0.6 is 0 Å². The molecule has 1 heterocycles. The van der Waals surface area contributed by atoms with Gasteiger partial charge in [-0.1, -0.05) is 31.0 Å². The topological polar surface area (TPSA) is 75.1 Å². The van der Waals surface area contributed by atoms with Crippen molar-refractivity contribution in [2.24, 2.45) is 5.92 Å². The molecule has 0 unspecified atom stereocenters. The Balaban J connectivity index is 1.95. The van der Waals surface area contributed by atoms with Crippen LogP contribution < -0.4 is 5.32 Å². The van der Waals surface area contributed by atoms with Gasteiger partial charge in [0, 0.05) is 11.9 Å². The lowest BCUT2D eigenvalue weighted by Gasteiger charge is -2.11. The second-order valence-corrected chi connectivity index (χ2v) is 4.90. The maximum Gasteiger partial charge on any atom is 0.358 e. The molecule has 5 nitrogen and oxygen atoms in total. The Kier molecular flexibility index (Phi) is 3.03. The average molecular weight is 257 g/mol.